The topological polar surface area (TPSA) is 87.1 Å². The Labute approximate surface area is 94.5 Å². The number of halogens is 1. The number of benzene rings is 1. The van der Waals surface area contributed by atoms with Crippen molar-refractivity contribution in [1.82, 2.24) is 0 Å². The smallest absolute Gasteiger partial charge is 0.239 e. The van der Waals surface area contributed by atoms with Crippen LogP contribution in [0.25, 0.3) is 0 Å². The van der Waals surface area contributed by atoms with Gasteiger partial charge in [0, 0.05) is 0 Å². The van der Waals surface area contributed by atoms with Crippen molar-refractivity contribution < 1.29 is 9.90 Å². The third-order valence-corrected chi connectivity index (χ3v) is 2.58. The Balaban J connectivity index is 3.14. The van der Waals surface area contributed by atoms with Gasteiger partial charge in [-0.2, -0.15) is 5.26 Å². The number of phenols is 1. The molecule has 0 aliphatic rings. The zero-order valence-electron chi connectivity index (χ0n) is 7.07. The number of hydrogen-bond acceptors (Lipinski definition) is 3. The molecule has 14 heavy (non-hydrogen) atoms. The molecule has 1 rings (SSSR count). The van der Waals surface area contributed by atoms with Gasteiger partial charge in [-0.1, -0.05) is 6.07 Å². The molecule has 1 aromatic carbocycles. The van der Waals surface area contributed by atoms with Gasteiger partial charge in [0.1, 0.15) is 11.7 Å². The first-order valence-electron chi connectivity index (χ1n) is 3.73. The third-order valence-electron chi connectivity index (χ3n) is 1.72. The highest BCUT2D eigenvalue weighted by atomic mass is 127. The van der Waals surface area contributed by atoms with Crippen molar-refractivity contribution in [2.45, 2.75) is 5.92 Å². The highest BCUT2D eigenvalue weighted by molar-refractivity contribution is 14.1. The number of primary amides is 1. The number of carbonyl (C=O) groups excluding carboxylic acids is 1. The maximum atomic E-state index is 10.9. The van der Waals surface area contributed by atoms with Crippen LogP contribution < -0.4 is 5.73 Å². The summed E-state index contributed by atoms with van der Waals surface area (Å²) in [5.74, 6) is -1.52. The van der Waals surface area contributed by atoms with E-state index in [2.05, 4.69) is 0 Å². The van der Waals surface area contributed by atoms with E-state index >= 15 is 0 Å². The number of phenolic OH excluding ortho intramolecular Hbond substituents is 1. The van der Waals surface area contributed by atoms with E-state index in [-0.39, 0.29) is 5.75 Å². The summed E-state index contributed by atoms with van der Waals surface area (Å²) in [6.45, 7) is 0. The molecule has 0 spiro atoms. The van der Waals surface area contributed by atoms with Crippen molar-refractivity contribution in [3.8, 4) is 11.8 Å². The molecule has 3 N–H and O–H groups in total. The zero-order chi connectivity index (χ0) is 10.7. The number of nitrogens with two attached hydrogens (primary N) is 1. The summed E-state index contributed by atoms with van der Waals surface area (Å²) in [5.41, 5.74) is 5.54. The molecule has 0 saturated carbocycles. The second-order valence-corrected chi connectivity index (χ2v) is 3.84. The van der Waals surface area contributed by atoms with E-state index in [4.69, 9.17) is 11.0 Å². The lowest BCUT2D eigenvalue weighted by molar-refractivity contribution is -0.118. The Morgan fingerprint density at radius 1 is 1.64 bits per heavy atom. The Bertz CT molecular complexity index is 412. The molecule has 1 unspecified atom stereocenters. The first kappa shape index (κ1) is 10.8. The summed E-state index contributed by atoms with van der Waals surface area (Å²) < 4.78 is 0.585. The predicted molar refractivity (Wildman–Crippen MR) is 58.4 cm³/mol. The number of hydrogen-bond donors (Lipinski definition) is 2. The molecule has 0 bridgehead atoms. The zero-order valence-corrected chi connectivity index (χ0v) is 9.22. The van der Waals surface area contributed by atoms with Gasteiger partial charge in [-0.25, -0.2) is 0 Å². The van der Waals surface area contributed by atoms with E-state index in [1.807, 2.05) is 22.6 Å². The van der Waals surface area contributed by atoms with Crippen molar-refractivity contribution in [2.24, 2.45) is 5.73 Å². The van der Waals surface area contributed by atoms with Crippen LogP contribution in [0.3, 0.4) is 0 Å². The van der Waals surface area contributed by atoms with Crippen molar-refractivity contribution >= 4 is 28.5 Å². The summed E-state index contributed by atoms with van der Waals surface area (Å²) in [6.07, 6.45) is 0. The molecule has 0 radical (unpaired) electrons. The number of amides is 1. The largest absolute Gasteiger partial charge is 0.507 e. The molecule has 5 heteroatoms. The Kier molecular flexibility index (Phi) is 3.30. The maximum Gasteiger partial charge on any atom is 0.239 e. The lowest BCUT2D eigenvalue weighted by Gasteiger charge is -2.06. The number of carbonyl (C=O) groups is 1. The standard InChI is InChI=1S/C9H7IN2O2/c10-7-3-5(1-2-8(7)13)6(4-11)9(12)14/h1-3,6,13H,(H2,12,14). The van der Waals surface area contributed by atoms with Crippen LogP contribution in [0.15, 0.2) is 18.2 Å². The summed E-state index contributed by atoms with van der Waals surface area (Å²) in [7, 11) is 0. The van der Waals surface area contributed by atoms with Gasteiger partial charge in [-0.05, 0) is 40.3 Å². The van der Waals surface area contributed by atoms with E-state index in [1.54, 1.807) is 12.1 Å². The van der Waals surface area contributed by atoms with Crippen LogP contribution in [-0.2, 0) is 4.79 Å². The van der Waals surface area contributed by atoms with Crippen molar-refractivity contribution in [3.63, 3.8) is 0 Å². The Hall–Kier alpha value is -1.29. The van der Waals surface area contributed by atoms with Crippen LogP contribution in [0.4, 0.5) is 0 Å². The SMILES string of the molecule is N#CC(C(N)=O)c1ccc(O)c(I)c1. The van der Waals surface area contributed by atoms with Crippen LogP contribution in [0, 0.1) is 14.9 Å². The Morgan fingerprint density at radius 3 is 2.71 bits per heavy atom. The molecule has 1 atom stereocenters. The summed E-state index contributed by atoms with van der Waals surface area (Å²) in [5, 5.41) is 17.9. The molecule has 0 aliphatic carbocycles. The van der Waals surface area contributed by atoms with E-state index in [0.29, 0.717) is 9.13 Å². The highest BCUT2D eigenvalue weighted by Gasteiger charge is 2.17. The lowest BCUT2D eigenvalue weighted by Crippen LogP contribution is -2.20. The van der Waals surface area contributed by atoms with E-state index < -0.39 is 11.8 Å². The normalized spacial score (nSPS) is 11.7. The van der Waals surface area contributed by atoms with Crippen LogP contribution >= 0.6 is 22.6 Å². The van der Waals surface area contributed by atoms with Crippen molar-refractivity contribution in [1.29, 1.82) is 5.26 Å². The second kappa shape index (κ2) is 4.28. The monoisotopic (exact) mass is 302 g/mol. The fourth-order valence-corrected chi connectivity index (χ4v) is 1.54. The fraction of sp³-hybridized carbons (Fsp3) is 0.111. The average Bonchev–Trinajstić information content (AvgIpc) is 2.11. The van der Waals surface area contributed by atoms with Gasteiger partial charge >= 0.3 is 0 Å². The van der Waals surface area contributed by atoms with Crippen LogP contribution in [-0.4, -0.2) is 11.0 Å². The third kappa shape index (κ3) is 2.14. The summed E-state index contributed by atoms with van der Waals surface area (Å²) in [6, 6.07) is 6.31. The first-order valence-corrected chi connectivity index (χ1v) is 4.81. The van der Waals surface area contributed by atoms with Crippen molar-refractivity contribution in [3.05, 3.63) is 27.3 Å². The van der Waals surface area contributed by atoms with Gasteiger partial charge in [0.25, 0.3) is 0 Å². The average molecular weight is 302 g/mol. The molecule has 0 saturated heterocycles. The minimum Gasteiger partial charge on any atom is -0.507 e. The van der Waals surface area contributed by atoms with Gasteiger partial charge in [-0.15, -0.1) is 0 Å². The molecule has 0 aromatic heterocycles. The highest BCUT2D eigenvalue weighted by Crippen LogP contribution is 2.24. The van der Waals surface area contributed by atoms with Crippen LogP contribution in [0.1, 0.15) is 11.5 Å². The first-order chi connectivity index (χ1) is 6.56. The molecule has 1 amide bonds. The molecule has 0 fully saturated rings. The predicted octanol–water partition coefficient (Wildman–Crippen LogP) is 1.09. The molecule has 0 aliphatic heterocycles. The van der Waals surface area contributed by atoms with Gasteiger partial charge in [-0.3, -0.25) is 4.79 Å². The summed E-state index contributed by atoms with van der Waals surface area (Å²) in [4.78, 5) is 10.9. The fourth-order valence-electron chi connectivity index (χ4n) is 1.01. The van der Waals surface area contributed by atoms with Gasteiger partial charge < -0.3 is 10.8 Å². The lowest BCUT2D eigenvalue weighted by atomic mass is 10.0. The van der Waals surface area contributed by atoms with Crippen molar-refractivity contribution in [2.75, 3.05) is 0 Å². The second-order valence-electron chi connectivity index (χ2n) is 2.68. The molecular weight excluding hydrogens is 295 g/mol. The molecular formula is C9H7IN2O2. The van der Waals surface area contributed by atoms with E-state index in [0.717, 1.165) is 0 Å². The number of nitrogens with zero attached hydrogens (tertiary/aromatic N) is 1. The van der Waals surface area contributed by atoms with Crippen LogP contribution in [0.2, 0.25) is 0 Å². The van der Waals surface area contributed by atoms with E-state index in [9.17, 15) is 9.90 Å². The maximum absolute atomic E-state index is 10.9. The molecule has 0 heterocycles. The quantitative estimate of drug-likeness (QED) is 0.802. The number of rotatable bonds is 2. The van der Waals surface area contributed by atoms with Gasteiger partial charge in [0.05, 0.1) is 9.64 Å². The molecule has 4 nitrogen and oxygen atoms in total. The Morgan fingerprint density at radius 2 is 2.29 bits per heavy atom. The van der Waals surface area contributed by atoms with Gasteiger partial charge in [0.2, 0.25) is 5.91 Å². The van der Waals surface area contributed by atoms with E-state index in [1.165, 1.54) is 12.1 Å². The molecule has 1 aromatic rings. The number of aromatic hydroxyl groups is 1. The number of nitriles is 1. The van der Waals surface area contributed by atoms with Gasteiger partial charge in [0.15, 0.2) is 0 Å². The minimum absolute atomic E-state index is 0.121. The van der Waals surface area contributed by atoms with Crippen LogP contribution in [0.5, 0.6) is 5.75 Å². The molecule has 72 valence electrons. The summed E-state index contributed by atoms with van der Waals surface area (Å²) >= 11 is 1.91. The minimum atomic E-state index is -0.955.